The molecule has 1 aliphatic heterocycles. The molecular weight excluding hydrogens is 366 g/mol. The van der Waals surface area contributed by atoms with Gasteiger partial charge in [0, 0.05) is 51.9 Å². The Kier molecular flexibility index (Phi) is 7.93. The van der Waals surface area contributed by atoms with Gasteiger partial charge in [-0.3, -0.25) is 9.67 Å². The fourth-order valence-electron chi connectivity index (χ4n) is 3.56. The molecule has 1 atom stereocenters. The maximum absolute atomic E-state index is 5.78. The Bertz CT molecular complexity index is 772. The van der Waals surface area contributed by atoms with Gasteiger partial charge in [-0.2, -0.15) is 5.10 Å². The zero-order valence-electron chi connectivity index (χ0n) is 17.8. The van der Waals surface area contributed by atoms with Crippen molar-refractivity contribution in [2.45, 2.75) is 32.3 Å². The highest BCUT2D eigenvalue weighted by molar-refractivity contribution is 5.80. The molecule has 1 saturated heterocycles. The molecule has 1 unspecified atom stereocenters. The van der Waals surface area contributed by atoms with Gasteiger partial charge >= 0.3 is 0 Å². The van der Waals surface area contributed by atoms with Crippen LogP contribution in [0.4, 0.5) is 0 Å². The average molecular weight is 400 g/mol. The van der Waals surface area contributed by atoms with Crippen LogP contribution in [0, 0.1) is 0 Å². The van der Waals surface area contributed by atoms with Gasteiger partial charge in [0.15, 0.2) is 5.96 Å². The van der Waals surface area contributed by atoms with Crippen molar-refractivity contribution in [1.82, 2.24) is 20.0 Å². The van der Waals surface area contributed by atoms with Gasteiger partial charge < -0.3 is 19.7 Å². The SMILES string of the molecule is CCNC(=NCCCOCc1ccc(OC)cc1)N1CCC(c2cnn(C)c2)C1. The number of likely N-dealkylation sites (tertiary alicyclic amines) is 1. The Morgan fingerprint density at radius 2 is 2.14 bits per heavy atom. The van der Waals surface area contributed by atoms with Crippen molar-refractivity contribution in [2.24, 2.45) is 12.0 Å². The van der Waals surface area contributed by atoms with E-state index in [0.29, 0.717) is 19.1 Å². The highest BCUT2D eigenvalue weighted by Crippen LogP contribution is 2.26. The smallest absolute Gasteiger partial charge is 0.193 e. The minimum atomic E-state index is 0.528. The predicted molar refractivity (Wildman–Crippen MR) is 115 cm³/mol. The minimum Gasteiger partial charge on any atom is -0.497 e. The molecule has 0 bridgehead atoms. The zero-order valence-corrected chi connectivity index (χ0v) is 17.8. The molecule has 2 aromatic rings. The average Bonchev–Trinajstić information content (AvgIpc) is 3.39. The Morgan fingerprint density at radius 1 is 1.31 bits per heavy atom. The van der Waals surface area contributed by atoms with Crippen LogP contribution in [0.25, 0.3) is 0 Å². The molecule has 1 N–H and O–H groups in total. The Hall–Kier alpha value is -2.54. The zero-order chi connectivity index (χ0) is 20.5. The molecule has 1 aromatic carbocycles. The molecule has 0 aliphatic carbocycles. The van der Waals surface area contributed by atoms with Crippen LogP contribution < -0.4 is 10.1 Å². The number of aliphatic imine (C=N–C) groups is 1. The lowest BCUT2D eigenvalue weighted by atomic mass is 10.0. The van der Waals surface area contributed by atoms with Crippen LogP contribution >= 0.6 is 0 Å². The van der Waals surface area contributed by atoms with E-state index in [-0.39, 0.29) is 0 Å². The Labute approximate surface area is 173 Å². The number of methoxy groups -OCH3 is 1. The number of benzene rings is 1. The van der Waals surface area contributed by atoms with E-state index in [4.69, 9.17) is 14.5 Å². The third-order valence-corrected chi connectivity index (χ3v) is 5.16. The monoisotopic (exact) mass is 399 g/mol. The topological polar surface area (TPSA) is 63.9 Å². The van der Waals surface area contributed by atoms with Crippen molar-refractivity contribution in [2.75, 3.05) is 39.9 Å². The fraction of sp³-hybridized carbons (Fsp3) is 0.545. The number of aryl methyl sites for hydroxylation is 1. The van der Waals surface area contributed by atoms with Crippen molar-refractivity contribution >= 4 is 5.96 Å². The normalized spacial score (nSPS) is 17.0. The van der Waals surface area contributed by atoms with Gasteiger partial charge in [-0.05, 0) is 43.0 Å². The first-order chi connectivity index (χ1) is 14.2. The van der Waals surface area contributed by atoms with E-state index in [0.717, 1.165) is 56.3 Å². The Balaban J connectivity index is 1.41. The van der Waals surface area contributed by atoms with Gasteiger partial charge in [0.1, 0.15) is 5.75 Å². The van der Waals surface area contributed by atoms with Crippen LogP contribution in [0.15, 0.2) is 41.7 Å². The van der Waals surface area contributed by atoms with Crippen LogP contribution in [-0.2, 0) is 18.4 Å². The molecule has 2 heterocycles. The minimum absolute atomic E-state index is 0.528. The maximum Gasteiger partial charge on any atom is 0.193 e. The summed E-state index contributed by atoms with van der Waals surface area (Å²) >= 11 is 0. The molecule has 0 spiro atoms. The molecule has 7 nitrogen and oxygen atoms in total. The van der Waals surface area contributed by atoms with Gasteiger partial charge in [0.2, 0.25) is 0 Å². The summed E-state index contributed by atoms with van der Waals surface area (Å²) in [7, 11) is 3.65. The summed E-state index contributed by atoms with van der Waals surface area (Å²) < 4.78 is 12.8. The van der Waals surface area contributed by atoms with Crippen molar-refractivity contribution in [3.63, 3.8) is 0 Å². The number of nitrogens with zero attached hydrogens (tertiary/aromatic N) is 4. The van der Waals surface area contributed by atoms with E-state index >= 15 is 0 Å². The quantitative estimate of drug-likeness (QED) is 0.399. The standard InChI is InChI=1S/C22H33N5O2/c1-4-23-22(27-12-10-19(16-27)20-14-25-26(2)15-20)24-11-5-13-29-17-18-6-8-21(28-3)9-7-18/h6-9,14-15,19H,4-5,10-13,16-17H2,1-3H3,(H,23,24). The summed E-state index contributed by atoms with van der Waals surface area (Å²) in [5.74, 6) is 2.40. The second kappa shape index (κ2) is 10.9. The number of hydrogen-bond acceptors (Lipinski definition) is 4. The third-order valence-electron chi connectivity index (χ3n) is 5.16. The highest BCUT2D eigenvalue weighted by Gasteiger charge is 2.26. The molecule has 0 amide bonds. The number of guanidine groups is 1. The third kappa shape index (κ3) is 6.22. The molecule has 1 fully saturated rings. The van der Waals surface area contributed by atoms with Gasteiger partial charge in [0.05, 0.1) is 19.9 Å². The summed E-state index contributed by atoms with van der Waals surface area (Å²) in [5, 5.41) is 7.74. The van der Waals surface area contributed by atoms with E-state index in [9.17, 15) is 0 Å². The summed E-state index contributed by atoms with van der Waals surface area (Å²) in [6.45, 7) is 7.09. The van der Waals surface area contributed by atoms with E-state index in [2.05, 4.69) is 28.4 Å². The molecule has 29 heavy (non-hydrogen) atoms. The van der Waals surface area contributed by atoms with Crippen LogP contribution in [0.1, 0.15) is 36.8 Å². The molecule has 7 heteroatoms. The number of rotatable bonds is 9. The number of nitrogens with one attached hydrogen (secondary N) is 1. The van der Waals surface area contributed by atoms with Crippen LogP contribution in [-0.4, -0.2) is 60.5 Å². The summed E-state index contributed by atoms with van der Waals surface area (Å²) in [5.41, 5.74) is 2.47. The second-order valence-electron chi connectivity index (χ2n) is 7.37. The fourth-order valence-corrected chi connectivity index (χ4v) is 3.56. The van der Waals surface area contributed by atoms with Crippen LogP contribution in [0.5, 0.6) is 5.75 Å². The maximum atomic E-state index is 5.78. The van der Waals surface area contributed by atoms with Crippen molar-refractivity contribution in [3.8, 4) is 5.75 Å². The van der Waals surface area contributed by atoms with E-state index < -0.39 is 0 Å². The first kappa shape index (κ1) is 21.2. The highest BCUT2D eigenvalue weighted by atomic mass is 16.5. The molecule has 1 aliphatic rings. The Morgan fingerprint density at radius 3 is 2.83 bits per heavy atom. The van der Waals surface area contributed by atoms with E-state index in [1.807, 2.05) is 42.2 Å². The molecule has 3 rings (SSSR count). The molecule has 0 radical (unpaired) electrons. The summed E-state index contributed by atoms with van der Waals surface area (Å²) in [4.78, 5) is 7.17. The van der Waals surface area contributed by atoms with Gasteiger partial charge in [-0.1, -0.05) is 12.1 Å². The number of aromatic nitrogens is 2. The van der Waals surface area contributed by atoms with Crippen LogP contribution in [0.3, 0.4) is 0 Å². The van der Waals surface area contributed by atoms with E-state index in [1.165, 1.54) is 5.56 Å². The predicted octanol–water partition coefficient (Wildman–Crippen LogP) is 2.79. The van der Waals surface area contributed by atoms with E-state index in [1.54, 1.807) is 7.11 Å². The molecule has 158 valence electrons. The first-order valence-electron chi connectivity index (χ1n) is 10.4. The molecule has 1 aromatic heterocycles. The molecule has 0 saturated carbocycles. The van der Waals surface area contributed by atoms with Gasteiger partial charge in [-0.25, -0.2) is 0 Å². The second-order valence-corrected chi connectivity index (χ2v) is 7.37. The van der Waals surface area contributed by atoms with Crippen molar-refractivity contribution in [3.05, 3.63) is 47.8 Å². The lowest BCUT2D eigenvalue weighted by Gasteiger charge is -2.21. The summed E-state index contributed by atoms with van der Waals surface area (Å²) in [6.07, 6.45) is 6.16. The van der Waals surface area contributed by atoms with Crippen molar-refractivity contribution < 1.29 is 9.47 Å². The lowest BCUT2D eigenvalue weighted by molar-refractivity contribution is 0.120. The lowest BCUT2D eigenvalue weighted by Crippen LogP contribution is -2.40. The summed E-state index contributed by atoms with van der Waals surface area (Å²) in [6, 6.07) is 7.99. The number of hydrogen-bond donors (Lipinski definition) is 1. The van der Waals surface area contributed by atoms with Crippen molar-refractivity contribution in [1.29, 1.82) is 0 Å². The number of ether oxygens (including phenoxy) is 2. The van der Waals surface area contributed by atoms with Gasteiger partial charge in [-0.15, -0.1) is 0 Å². The first-order valence-corrected chi connectivity index (χ1v) is 10.4. The molecular formula is C22H33N5O2. The largest absolute Gasteiger partial charge is 0.497 e. The van der Waals surface area contributed by atoms with Crippen LogP contribution in [0.2, 0.25) is 0 Å². The van der Waals surface area contributed by atoms with Gasteiger partial charge in [0.25, 0.3) is 0 Å².